The highest BCUT2D eigenvalue weighted by atomic mass is 19.4. The van der Waals surface area contributed by atoms with Gasteiger partial charge in [0.15, 0.2) is 0 Å². The van der Waals surface area contributed by atoms with Crippen molar-refractivity contribution in [3.63, 3.8) is 0 Å². The molecule has 0 aliphatic carbocycles. The average molecular weight is 511 g/mol. The number of hydrogen-bond donors (Lipinski definition) is 2. The van der Waals surface area contributed by atoms with Gasteiger partial charge in [-0.1, -0.05) is 30.3 Å². The predicted octanol–water partition coefficient (Wildman–Crippen LogP) is 4.67. The van der Waals surface area contributed by atoms with E-state index in [1.54, 1.807) is 18.2 Å². The second-order valence-electron chi connectivity index (χ2n) is 7.80. The fraction of sp³-hybridized carbons (Fsp3) is 0.115. The lowest BCUT2D eigenvalue weighted by atomic mass is 10.1. The third-order valence-corrected chi connectivity index (χ3v) is 5.49. The van der Waals surface area contributed by atoms with Crippen LogP contribution in [0.1, 0.15) is 26.3 Å². The van der Waals surface area contributed by atoms with Gasteiger partial charge in [-0.2, -0.15) is 13.2 Å². The van der Waals surface area contributed by atoms with Gasteiger partial charge in [0.1, 0.15) is 11.5 Å². The molecule has 0 unspecified atom stereocenters. The molecule has 37 heavy (non-hydrogen) atoms. The Balaban J connectivity index is 1.76. The van der Waals surface area contributed by atoms with Crippen LogP contribution in [0.25, 0.3) is 10.8 Å². The number of nitrogens with zero attached hydrogens (tertiary/aromatic N) is 1. The van der Waals surface area contributed by atoms with Gasteiger partial charge >= 0.3 is 6.18 Å². The largest absolute Gasteiger partial charge is 0.497 e. The molecule has 11 heteroatoms. The van der Waals surface area contributed by atoms with Crippen LogP contribution in [0.15, 0.2) is 77.7 Å². The smallest absolute Gasteiger partial charge is 0.418 e. The van der Waals surface area contributed by atoms with Crippen molar-refractivity contribution in [3.05, 3.63) is 100.0 Å². The minimum Gasteiger partial charge on any atom is -0.497 e. The number of amides is 2. The highest BCUT2D eigenvalue weighted by Crippen LogP contribution is 2.35. The molecule has 3 aromatic carbocycles. The summed E-state index contributed by atoms with van der Waals surface area (Å²) in [6.07, 6.45) is -3.64. The number of aromatic nitrogens is 1. The van der Waals surface area contributed by atoms with E-state index >= 15 is 0 Å². The quantitative estimate of drug-likeness (QED) is 0.392. The lowest BCUT2D eigenvalue weighted by molar-refractivity contribution is -0.136. The van der Waals surface area contributed by atoms with Crippen LogP contribution < -0.4 is 25.8 Å². The summed E-state index contributed by atoms with van der Waals surface area (Å²) in [7, 11) is 2.82. The van der Waals surface area contributed by atoms with E-state index in [4.69, 9.17) is 9.47 Å². The second kappa shape index (κ2) is 10.1. The maximum atomic E-state index is 13.4. The molecule has 0 aliphatic rings. The first kappa shape index (κ1) is 25.3. The van der Waals surface area contributed by atoms with Crippen LogP contribution in [0.2, 0.25) is 0 Å². The third kappa shape index (κ3) is 5.25. The molecule has 0 saturated carbocycles. The molecule has 4 aromatic rings. The molecule has 190 valence electrons. The molecule has 1 heterocycles. The van der Waals surface area contributed by atoms with Crippen molar-refractivity contribution >= 4 is 28.3 Å². The lowest BCUT2D eigenvalue weighted by Crippen LogP contribution is -2.34. The van der Waals surface area contributed by atoms with Gasteiger partial charge in [-0.15, -0.1) is 0 Å². The van der Waals surface area contributed by atoms with E-state index in [1.807, 2.05) is 0 Å². The van der Waals surface area contributed by atoms with Crippen molar-refractivity contribution in [2.45, 2.75) is 6.18 Å². The minimum absolute atomic E-state index is 0.0720. The second-order valence-corrected chi connectivity index (χ2v) is 7.80. The summed E-state index contributed by atoms with van der Waals surface area (Å²) >= 11 is 0. The number of methoxy groups -OCH3 is 2. The van der Waals surface area contributed by atoms with Crippen LogP contribution in [-0.2, 0) is 6.18 Å². The first-order valence-electron chi connectivity index (χ1n) is 10.8. The van der Waals surface area contributed by atoms with Crippen LogP contribution in [-0.4, -0.2) is 30.7 Å². The van der Waals surface area contributed by atoms with Gasteiger partial charge in [-0.05, 0) is 30.3 Å². The maximum absolute atomic E-state index is 13.4. The number of ether oxygens (including phenoxy) is 2. The molecular weight excluding hydrogens is 491 g/mol. The van der Waals surface area contributed by atoms with Crippen LogP contribution in [0.3, 0.4) is 0 Å². The van der Waals surface area contributed by atoms with Crippen LogP contribution in [0.5, 0.6) is 11.5 Å². The lowest BCUT2D eigenvalue weighted by Gasteiger charge is -2.16. The maximum Gasteiger partial charge on any atom is 0.418 e. The molecule has 0 bridgehead atoms. The molecule has 8 nitrogen and oxygen atoms in total. The Kier molecular flexibility index (Phi) is 6.87. The highest BCUT2D eigenvalue weighted by Gasteiger charge is 2.33. The van der Waals surface area contributed by atoms with Crippen LogP contribution in [0.4, 0.5) is 18.9 Å². The third-order valence-electron chi connectivity index (χ3n) is 5.49. The standard InChI is InChI=1S/C26H20F3N3O5/c1-36-16-11-15(12-17(13-16)37-2)23(33)31-32-14-20(18-7-3-4-8-19(18)25(32)35)24(34)30-22-10-6-5-9-21(22)26(27,28)29/h3-14H,1-2H3,(H,30,34)(H,31,33). The molecule has 0 saturated heterocycles. The number of alkyl halides is 3. The van der Waals surface area contributed by atoms with Gasteiger partial charge in [0, 0.05) is 28.6 Å². The zero-order valence-corrected chi connectivity index (χ0v) is 19.6. The van der Waals surface area contributed by atoms with Crippen molar-refractivity contribution in [2.75, 3.05) is 25.0 Å². The molecule has 1 aromatic heterocycles. The molecule has 0 fully saturated rings. The number of halogens is 3. The molecule has 0 spiro atoms. The van der Waals surface area contributed by atoms with E-state index in [9.17, 15) is 27.6 Å². The number of hydrogen-bond acceptors (Lipinski definition) is 5. The SMILES string of the molecule is COc1cc(OC)cc(C(=O)Nn2cc(C(=O)Nc3ccccc3C(F)(F)F)c3ccccc3c2=O)c1. The summed E-state index contributed by atoms with van der Waals surface area (Å²) in [4.78, 5) is 39.2. The zero-order chi connectivity index (χ0) is 26.7. The fourth-order valence-electron chi connectivity index (χ4n) is 3.70. The Bertz CT molecular complexity index is 1540. The van der Waals surface area contributed by atoms with E-state index in [2.05, 4.69) is 10.7 Å². The van der Waals surface area contributed by atoms with E-state index in [0.29, 0.717) is 11.5 Å². The van der Waals surface area contributed by atoms with E-state index in [0.717, 1.165) is 23.0 Å². The van der Waals surface area contributed by atoms with Crippen molar-refractivity contribution in [1.82, 2.24) is 4.68 Å². The topological polar surface area (TPSA) is 98.7 Å². The van der Waals surface area contributed by atoms with Crippen LogP contribution >= 0.6 is 0 Å². The summed E-state index contributed by atoms with van der Waals surface area (Å²) < 4.78 is 51.4. The average Bonchev–Trinajstić information content (AvgIpc) is 2.89. The summed E-state index contributed by atoms with van der Waals surface area (Å²) in [5, 5.41) is 2.54. The van der Waals surface area contributed by atoms with Gasteiger partial charge in [-0.25, -0.2) is 4.68 Å². The number of carbonyl (C=O) groups is 2. The minimum atomic E-state index is -4.70. The zero-order valence-electron chi connectivity index (χ0n) is 19.6. The summed E-state index contributed by atoms with van der Waals surface area (Å²) in [6, 6.07) is 15.0. The number of nitrogens with one attached hydrogen (secondary N) is 2. The van der Waals surface area contributed by atoms with Crippen molar-refractivity contribution in [2.24, 2.45) is 0 Å². The van der Waals surface area contributed by atoms with Gasteiger partial charge in [-0.3, -0.25) is 19.8 Å². The number of anilines is 1. The molecule has 0 radical (unpaired) electrons. The Morgan fingerprint density at radius 2 is 1.43 bits per heavy atom. The van der Waals surface area contributed by atoms with Crippen molar-refractivity contribution in [3.8, 4) is 11.5 Å². The molecule has 4 rings (SSSR count). The van der Waals surface area contributed by atoms with E-state index < -0.39 is 34.8 Å². The van der Waals surface area contributed by atoms with Crippen molar-refractivity contribution < 1.29 is 32.2 Å². The first-order chi connectivity index (χ1) is 17.6. The number of fused-ring (bicyclic) bond motifs is 1. The molecule has 2 amide bonds. The van der Waals surface area contributed by atoms with Gasteiger partial charge < -0.3 is 14.8 Å². The number of rotatable bonds is 6. The van der Waals surface area contributed by atoms with Crippen molar-refractivity contribution in [1.29, 1.82) is 0 Å². The molecular formula is C26H20F3N3O5. The normalized spacial score (nSPS) is 11.2. The van der Waals surface area contributed by atoms with E-state index in [1.165, 1.54) is 50.6 Å². The monoisotopic (exact) mass is 511 g/mol. The number of carbonyl (C=O) groups excluding carboxylic acids is 2. The summed E-state index contributed by atoms with van der Waals surface area (Å²) in [6.45, 7) is 0. The molecule has 2 N–H and O–H groups in total. The highest BCUT2D eigenvalue weighted by molar-refractivity contribution is 6.13. The Morgan fingerprint density at radius 1 is 0.838 bits per heavy atom. The Labute approximate surface area is 208 Å². The number of para-hydroxylation sites is 1. The Hall–Kier alpha value is -4.80. The Morgan fingerprint density at radius 3 is 2.05 bits per heavy atom. The molecule has 0 atom stereocenters. The van der Waals surface area contributed by atoms with E-state index in [-0.39, 0.29) is 21.9 Å². The number of pyridine rings is 1. The van der Waals surface area contributed by atoms with Crippen LogP contribution in [0, 0.1) is 0 Å². The predicted molar refractivity (Wildman–Crippen MR) is 131 cm³/mol. The van der Waals surface area contributed by atoms with Gasteiger partial charge in [0.2, 0.25) is 0 Å². The first-order valence-corrected chi connectivity index (χ1v) is 10.8. The van der Waals surface area contributed by atoms with Gasteiger partial charge in [0.05, 0.1) is 31.0 Å². The molecule has 0 aliphatic heterocycles. The summed E-state index contributed by atoms with van der Waals surface area (Å²) in [5.41, 5.74) is 0.256. The van der Waals surface area contributed by atoms with Gasteiger partial charge in [0.25, 0.3) is 17.4 Å². The fourth-order valence-corrected chi connectivity index (χ4v) is 3.70. The summed E-state index contributed by atoms with van der Waals surface area (Å²) in [5.74, 6) is -0.959. The number of benzene rings is 3.